The molecule has 0 saturated carbocycles. The van der Waals surface area contributed by atoms with Gasteiger partial charge in [-0.25, -0.2) is 0 Å². The van der Waals surface area contributed by atoms with Crippen molar-refractivity contribution >= 4 is 0 Å². The fourth-order valence-corrected chi connectivity index (χ4v) is 2.01. The van der Waals surface area contributed by atoms with Gasteiger partial charge in [0.1, 0.15) is 0 Å². The van der Waals surface area contributed by atoms with Crippen LogP contribution in [0.2, 0.25) is 0 Å². The van der Waals surface area contributed by atoms with Crippen LogP contribution in [0, 0.1) is 0 Å². The van der Waals surface area contributed by atoms with Gasteiger partial charge in [-0.3, -0.25) is 4.98 Å². The summed E-state index contributed by atoms with van der Waals surface area (Å²) in [6.07, 6.45) is 5.25. The van der Waals surface area contributed by atoms with Gasteiger partial charge in [0.05, 0.1) is 25.4 Å². The molecular formula is C13H20N2O2. The molecule has 1 saturated heterocycles. The van der Waals surface area contributed by atoms with E-state index in [1.54, 1.807) is 6.20 Å². The van der Waals surface area contributed by atoms with Crippen LogP contribution >= 0.6 is 0 Å². The zero-order valence-corrected chi connectivity index (χ0v) is 10.0. The van der Waals surface area contributed by atoms with Gasteiger partial charge >= 0.3 is 0 Å². The van der Waals surface area contributed by atoms with Crippen molar-refractivity contribution in [2.24, 2.45) is 5.73 Å². The van der Waals surface area contributed by atoms with E-state index in [4.69, 9.17) is 15.2 Å². The van der Waals surface area contributed by atoms with E-state index in [1.807, 2.05) is 18.2 Å². The Morgan fingerprint density at radius 2 is 2.24 bits per heavy atom. The number of pyridine rings is 1. The summed E-state index contributed by atoms with van der Waals surface area (Å²) >= 11 is 0. The first-order chi connectivity index (χ1) is 8.38. The number of rotatable bonds is 6. The average molecular weight is 236 g/mol. The highest BCUT2D eigenvalue weighted by molar-refractivity contribution is 5.03. The number of ether oxygens (including phenoxy) is 2. The summed E-state index contributed by atoms with van der Waals surface area (Å²) in [5.41, 5.74) is 6.62. The van der Waals surface area contributed by atoms with E-state index in [9.17, 15) is 0 Å². The molecule has 4 nitrogen and oxygen atoms in total. The van der Waals surface area contributed by atoms with Gasteiger partial charge in [-0.1, -0.05) is 6.07 Å². The smallest absolute Gasteiger partial charge is 0.0813 e. The highest BCUT2D eigenvalue weighted by Gasteiger charge is 2.23. The Morgan fingerprint density at radius 3 is 2.94 bits per heavy atom. The van der Waals surface area contributed by atoms with Crippen molar-refractivity contribution in [2.45, 2.75) is 31.5 Å². The van der Waals surface area contributed by atoms with Crippen molar-refractivity contribution in [1.29, 1.82) is 0 Å². The second kappa shape index (κ2) is 6.69. The number of nitrogens with zero attached hydrogens (tertiary/aromatic N) is 1. The van der Waals surface area contributed by atoms with Crippen molar-refractivity contribution in [3.63, 3.8) is 0 Å². The molecule has 0 aromatic carbocycles. The second-order valence-corrected chi connectivity index (χ2v) is 4.34. The summed E-state index contributed by atoms with van der Waals surface area (Å²) in [6.45, 7) is 1.98. The first-order valence-electron chi connectivity index (χ1n) is 6.21. The molecule has 1 aliphatic rings. The summed E-state index contributed by atoms with van der Waals surface area (Å²) in [5, 5.41) is 0. The van der Waals surface area contributed by atoms with Gasteiger partial charge in [-0.05, 0) is 25.0 Å². The fourth-order valence-electron chi connectivity index (χ4n) is 2.01. The lowest BCUT2D eigenvalue weighted by molar-refractivity contribution is -0.0113. The SMILES string of the molecule is NCC1CCC(COCCc2ccccn2)O1. The largest absolute Gasteiger partial charge is 0.378 e. The molecular weight excluding hydrogens is 216 g/mol. The van der Waals surface area contributed by atoms with E-state index in [0.717, 1.165) is 25.0 Å². The molecule has 1 aromatic rings. The molecule has 0 bridgehead atoms. The molecule has 1 aliphatic heterocycles. The predicted octanol–water partition coefficient (Wildman–Crippen LogP) is 1.15. The third-order valence-corrected chi connectivity index (χ3v) is 2.99. The van der Waals surface area contributed by atoms with Crippen molar-refractivity contribution in [1.82, 2.24) is 4.98 Å². The summed E-state index contributed by atoms with van der Waals surface area (Å²) in [5.74, 6) is 0. The highest BCUT2D eigenvalue weighted by atomic mass is 16.5. The minimum Gasteiger partial charge on any atom is -0.378 e. The van der Waals surface area contributed by atoms with Crippen LogP contribution in [0.15, 0.2) is 24.4 Å². The maximum atomic E-state index is 5.70. The van der Waals surface area contributed by atoms with Crippen LogP contribution in [0.5, 0.6) is 0 Å². The van der Waals surface area contributed by atoms with Crippen LogP contribution in [-0.2, 0) is 15.9 Å². The lowest BCUT2D eigenvalue weighted by atomic mass is 10.2. The Hall–Kier alpha value is -0.970. The third kappa shape index (κ3) is 4.07. The Labute approximate surface area is 102 Å². The summed E-state index contributed by atoms with van der Waals surface area (Å²) < 4.78 is 11.3. The predicted molar refractivity (Wildman–Crippen MR) is 65.7 cm³/mol. The average Bonchev–Trinajstić information content (AvgIpc) is 2.84. The molecule has 0 radical (unpaired) electrons. The Bertz CT molecular complexity index is 318. The molecule has 2 atom stereocenters. The minimum atomic E-state index is 0.229. The van der Waals surface area contributed by atoms with Crippen LogP contribution < -0.4 is 5.73 Å². The Kier molecular flexibility index (Phi) is 4.91. The molecule has 17 heavy (non-hydrogen) atoms. The fraction of sp³-hybridized carbons (Fsp3) is 0.615. The third-order valence-electron chi connectivity index (χ3n) is 2.99. The van der Waals surface area contributed by atoms with Crippen LogP contribution in [0.4, 0.5) is 0 Å². The molecule has 1 aromatic heterocycles. The van der Waals surface area contributed by atoms with Gasteiger partial charge in [0.25, 0.3) is 0 Å². The number of hydrogen-bond donors (Lipinski definition) is 1. The zero-order valence-electron chi connectivity index (χ0n) is 10.0. The molecule has 0 amide bonds. The molecule has 2 unspecified atom stereocenters. The van der Waals surface area contributed by atoms with Crippen molar-refractivity contribution in [3.8, 4) is 0 Å². The van der Waals surface area contributed by atoms with Crippen molar-refractivity contribution in [3.05, 3.63) is 30.1 Å². The molecule has 94 valence electrons. The maximum absolute atomic E-state index is 5.70. The zero-order chi connectivity index (χ0) is 11.9. The first kappa shape index (κ1) is 12.5. The van der Waals surface area contributed by atoms with E-state index in [-0.39, 0.29) is 12.2 Å². The molecule has 0 aliphatic carbocycles. The van der Waals surface area contributed by atoms with Gasteiger partial charge in [-0.15, -0.1) is 0 Å². The standard InChI is InChI=1S/C13H20N2O2/c14-9-12-4-5-13(17-12)10-16-8-6-11-3-1-2-7-15-11/h1-3,7,12-13H,4-6,8-10,14H2. The van der Waals surface area contributed by atoms with Gasteiger partial charge in [-0.2, -0.15) is 0 Å². The molecule has 4 heteroatoms. The quantitative estimate of drug-likeness (QED) is 0.753. The topological polar surface area (TPSA) is 57.4 Å². The van der Waals surface area contributed by atoms with E-state index < -0.39 is 0 Å². The van der Waals surface area contributed by atoms with Crippen LogP contribution in [0.1, 0.15) is 18.5 Å². The van der Waals surface area contributed by atoms with Gasteiger partial charge in [0, 0.05) is 24.9 Å². The summed E-state index contributed by atoms with van der Waals surface area (Å²) in [4.78, 5) is 4.25. The van der Waals surface area contributed by atoms with Crippen LogP contribution in [-0.4, -0.2) is 37.0 Å². The van der Waals surface area contributed by atoms with E-state index in [0.29, 0.717) is 19.8 Å². The van der Waals surface area contributed by atoms with Gasteiger partial charge in [0.2, 0.25) is 0 Å². The minimum absolute atomic E-state index is 0.229. The molecule has 2 rings (SSSR count). The Balaban J connectivity index is 1.58. The van der Waals surface area contributed by atoms with Gasteiger partial charge < -0.3 is 15.2 Å². The first-order valence-corrected chi connectivity index (χ1v) is 6.21. The highest BCUT2D eigenvalue weighted by Crippen LogP contribution is 2.18. The lowest BCUT2D eigenvalue weighted by Gasteiger charge is -2.12. The second-order valence-electron chi connectivity index (χ2n) is 4.34. The van der Waals surface area contributed by atoms with E-state index >= 15 is 0 Å². The normalized spacial score (nSPS) is 24.1. The Morgan fingerprint density at radius 1 is 1.35 bits per heavy atom. The maximum Gasteiger partial charge on any atom is 0.0813 e. The van der Waals surface area contributed by atoms with E-state index in [2.05, 4.69) is 4.98 Å². The summed E-state index contributed by atoms with van der Waals surface area (Å²) in [6, 6.07) is 5.93. The van der Waals surface area contributed by atoms with Crippen molar-refractivity contribution in [2.75, 3.05) is 19.8 Å². The molecule has 1 fully saturated rings. The molecule has 0 spiro atoms. The monoisotopic (exact) mass is 236 g/mol. The molecule has 2 N–H and O–H groups in total. The van der Waals surface area contributed by atoms with E-state index in [1.165, 1.54) is 0 Å². The lowest BCUT2D eigenvalue weighted by Crippen LogP contribution is -2.23. The molecule has 2 heterocycles. The van der Waals surface area contributed by atoms with Crippen LogP contribution in [0.3, 0.4) is 0 Å². The van der Waals surface area contributed by atoms with Gasteiger partial charge in [0.15, 0.2) is 0 Å². The number of aromatic nitrogens is 1. The summed E-state index contributed by atoms with van der Waals surface area (Å²) in [7, 11) is 0. The number of hydrogen-bond acceptors (Lipinski definition) is 4. The number of nitrogens with two attached hydrogens (primary N) is 1. The van der Waals surface area contributed by atoms with Crippen LogP contribution in [0.25, 0.3) is 0 Å². The van der Waals surface area contributed by atoms with Crippen molar-refractivity contribution < 1.29 is 9.47 Å².